The molecule has 1 fully saturated rings. The summed E-state index contributed by atoms with van der Waals surface area (Å²) in [6, 6.07) is 15.0. The molecule has 2 aliphatic rings. The molecule has 2 aliphatic heterocycles. The normalized spacial score (nSPS) is 22.5. The number of carbonyl (C=O) groups excluding carboxylic acids is 1. The lowest BCUT2D eigenvalue weighted by atomic mass is 9.95. The molecule has 128 valence electrons. The van der Waals surface area contributed by atoms with Crippen molar-refractivity contribution in [1.82, 2.24) is 4.90 Å². The van der Waals surface area contributed by atoms with E-state index in [1.165, 1.54) is 6.42 Å². The number of carbonyl (C=O) groups is 1. The number of piperidine rings is 1. The fraction of sp³-hybridized carbons (Fsp3) is 0.286. The Kier molecular flexibility index (Phi) is 4.60. The van der Waals surface area contributed by atoms with E-state index in [2.05, 4.69) is 4.90 Å². The van der Waals surface area contributed by atoms with E-state index < -0.39 is 0 Å². The molecule has 2 aromatic carbocycles. The summed E-state index contributed by atoms with van der Waals surface area (Å²) in [5.74, 6) is 0.726. The van der Waals surface area contributed by atoms with Gasteiger partial charge in [0.1, 0.15) is 5.75 Å². The fourth-order valence-electron chi connectivity index (χ4n) is 3.51. The topological polar surface area (TPSA) is 29.5 Å². The molecule has 0 spiro atoms. The summed E-state index contributed by atoms with van der Waals surface area (Å²) in [5.41, 5.74) is 2.29. The largest absolute Gasteiger partial charge is 0.470 e. The number of para-hydroxylation sites is 1. The molecule has 0 aliphatic carbocycles. The van der Waals surface area contributed by atoms with Crippen LogP contribution in [-0.2, 0) is 0 Å². The Bertz CT molecular complexity index is 807. The number of ether oxygens (including phenoxy) is 1. The number of fused-ring (bicyclic) bond motifs is 1. The highest BCUT2D eigenvalue weighted by molar-refractivity contribution is 6.30. The van der Waals surface area contributed by atoms with Gasteiger partial charge in [0.2, 0.25) is 0 Å². The van der Waals surface area contributed by atoms with Crippen molar-refractivity contribution < 1.29 is 9.53 Å². The number of benzene rings is 2. The molecule has 1 unspecified atom stereocenters. The summed E-state index contributed by atoms with van der Waals surface area (Å²) in [6.45, 7) is 1.91. The van der Waals surface area contributed by atoms with Crippen LogP contribution in [0.2, 0.25) is 5.02 Å². The van der Waals surface area contributed by atoms with Crippen LogP contribution < -0.4 is 4.74 Å². The summed E-state index contributed by atoms with van der Waals surface area (Å²) in [4.78, 5) is 15.4. The average Bonchev–Trinajstić information content (AvgIpc) is 2.66. The first-order valence-corrected chi connectivity index (χ1v) is 9.12. The molecular formula is C21H20ClNO2. The van der Waals surface area contributed by atoms with Crippen LogP contribution in [0.25, 0.3) is 6.08 Å². The highest BCUT2D eigenvalue weighted by Gasteiger charge is 2.35. The average molecular weight is 354 g/mol. The van der Waals surface area contributed by atoms with Crippen LogP contribution in [0.15, 0.2) is 54.1 Å². The summed E-state index contributed by atoms with van der Waals surface area (Å²) < 4.78 is 6.26. The Morgan fingerprint density at radius 3 is 2.48 bits per heavy atom. The molecule has 0 amide bonds. The maximum Gasteiger partial charge on any atom is 0.197 e. The summed E-state index contributed by atoms with van der Waals surface area (Å²) in [6.07, 6.45) is 5.14. The van der Waals surface area contributed by atoms with Gasteiger partial charge in [0, 0.05) is 18.1 Å². The van der Waals surface area contributed by atoms with Crippen LogP contribution in [-0.4, -0.2) is 30.0 Å². The Morgan fingerprint density at radius 1 is 1.00 bits per heavy atom. The predicted octanol–water partition coefficient (Wildman–Crippen LogP) is 4.81. The lowest BCUT2D eigenvalue weighted by Crippen LogP contribution is -2.47. The monoisotopic (exact) mass is 353 g/mol. The van der Waals surface area contributed by atoms with E-state index in [1.54, 1.807) is 0 Å². The minimum absolute atomic E-state index is 0.0485. The van der Waals surface area contributed by atoms with Crippen LogP contribution in [0.1, 0.15) is 35.2 Å². The van der Waals surface area contributed by atoms with E-state index >= 15 is 0 Å². The quantitative estimate of drug-likeness (QED) is 0.725. The SMILES string of the molecule is O=C1/C(=C/c2ccc(Cl)cc2)C(N2CCCCC2)Oc2ccccc21. The number of ketones is 1. The molecule has 2 heterocycles. The maximum atomic E-state index is 13.1. The number of Topliss-reactive ketones (excluding diaryl/α,β-unsaturated/α-hetero) is 1. The van der Waals surface area contributed by atoms with Gasteiger partial charge in [-0.3, -0.25) is 9.69 Å². The second-order valence-corrected chi connectivity index (χ2v) is 6.98. The summed E-state index contributed by atoms with van der Waals surface area (Å²) in [7, 11) is 0. The third-order valence-electron chi connectivity index (χ3n) is 4.81. The molecule has 0 aromatic heterocycles. The Morgan fingerprint density at radius 2 is 1.72 bits per heavy atom. The lowest BCUT2D eigenvalue weighted by molar-refractivity contribution is 0.0310. The number of hydrogen-bond donors (Lipinski definition) is 0. The number of rotatable bonds is 2. The highest BCUT2D eigenvalue weighted by Crippen LogP contribution is 2.34. The first kappa shape index (κ1) is 16.4. The van der Waals surface area contributed by atoms with E-state index in [4.69, 9.17) is 16.3 Å². The molecule has 0 saturated carbocycles. The summed E-state index contributed by atoms with van der Waals surface area (Å²) in [5, 5.41) is 0.686. The van der Waals surface area contributed by atoms with Gasteiger partial charge in [-0.25, -0.2) is 0 Å². The van der Waals surface area contributed by atoms with E-state index in [0.717, 1.165) is 31.5 Å². The third-order valence-corrected chi connectivity index (χ3v) is 5.06. The van der Waals surface area contributed by atoms with Crippen molar-refractivity contribution >= 4 is 23.5 Å². The Balaban J connectivity index is 1.76. The van der Waals surface area contributed by atoms with Gasteiger partial charge in [-0.1, -0.05) is 42.3 Å². The van der Waals surface area contributed by atoms with Crippen LogP contribution in [0.4, 0.5) is 0 Å². The molecule has 3 nitrogen and oxygen atoms in total. The van der Waals surface area contributed by atoms with Crippen molar-refractivity contribution in [3.8, 4) is 5.75 Å². The van der Waals surface area contributed by atoms with Gasteiger partial charge in [-0.05, 0) is 48.7 Å². The number of nitrogens with zero attached hydrogens (tertiary/aromatic N) is 1. The first-order chi connectivity index (χ1) is 12.2. The smallest absolute Gasteiger partial charge is 0.197 e. The van der Waals surface area contributed by atoms with Gasteiger partial charge in [-0.2, -0.15) is 0 Å². The van der Waals surface area contributed by atoms with Crippen LogP contribution in [0.3, 0.4) is 0 Å². The number of halogens is 1. The van der Waals surface area contributed by atoms with Crippen LogP contribution >= 0.6 is 11.6 Å². The van der Waals surface area contributed by atoms with Crippen molar-refractivity contribution in [3.05, 3.63) is 70.3 Å². The predicted molar refractivity (Wildman–Crippen MR) is 100 cm³/mol. The molecule has 0 radical (unpaired) electrons. The first-order valence-electron chi connectivity index (χ1n) is 8.74. The molecule has 4 rings (SSSR count). The Labute approximate surface area is 152 Å². The number of likely N-dealkylation sites (tertiary alicyclic amines) is 1. The van der Waals surface area contributed by atoms with Crippen molar-refractivity contribution in [2.24, 2.45) is 0 Å². The summed E-state index contributed by atoms with van der Waals surface area (Å²) >= 11 is 5.98. The zero-order valence-corrected chi connectivity index (χ0v) is 14.7. The standard InChI is InChI=1S/C21H20ClNO2/c22-16-10-8-15(9-11-16)14-18-20(24)17-6-2-3-7-19(17)25-21(18)23-12-4-1-5-13-23/h2-3,6-11,14,21H,1,4-5,12-13H2/b18-14-. The van der Waals surface area contributed by atoms with Gasteiger partial charge in [-0.15, -0.1) is 0 Å². The Hall–Kier alpha value is -2.10. The van der Waals surface area contributed by atoms with E-state index in [1.807, 2.05) is 54.6 Å². The van der Waals surface area contributed by atoms with Crippen molar-refractivity contribution in [2.75, 3.05) is 13.1 Å². The van der Waals surface area contributed by atoms with Crippen molar-refractivity contribution in [2.45, 2.75) is 25.5 Å². The fourth-order valence-corrected chi connectivity index (χ4v) is 3.63. The van der Waals surface area contributed by atoms with Crippen LogP contribution in [0, 0.1) is 0 Å². The maximum absolute atomic E-state index is 13.1. The van der Waals surface area contributed by atoms with Crippen LogP contribution in [0.5, 0.6) is 5.75 Å². The molecule has 25 heavy (non-hydrogen) atoms. The zero-order valence-electron chi connectivity index (χ0n) is 14.0. The minimum Gasteiger partial charge on any atom is -0.470 e. The van der Waals surface area contributed by atoms with Gasteiger partial charge in [0.25, 0.3) is 0 Å². The van der Waals surface area contributed by atoms with Crippen molar-refractivity contribution in [1.29, 1.82) is 0 Å². The lowest BCUT2D eigenvalue weighted by Gasteiger charge is -2.38. The van der Waals surface area contributed by atoms with Gasteiger partial charge in [0.15, 0.2) is 12.0 Å². The van der Waals surface area contributed by atoms with Crippen molar-refractivity contribution in [3.63, 3.8) is 0 Å². The molecule has 1 atom stereocenters. The van der Waals surface area contributed by atoms with E-state index in [0.29, 0.717) is 21.9 Å². The van der Waals surface area contributed by atoms with E-state index in [-0.39, 0.29) is 12.0 Å². The van der Waals surface area contributed by atoms with Gasteiger partial charge in [0.05, 0.1) is 11.1 Å². The molecule has 2 aromatic rings. The van der Waals surface area contributed by atoms with Gasteiger partial charge >= 0.3 is 0 Å². The number of hydrogen-bond acceptors (Lipinski definition) is 3. The molecule has 0 N–H and O–H groups in total. The zero-order chi connectivity index (χ0) is 17.2. The van der Waals surface area contributed by atoms with Gasteiger partial charge < -0.3 is 4.74 Å². The third kappa shape index (κ3) is 3.35. The molecular weight excluding hydrogens is 334 g/mol. The molecule has 0 bridgehead atoms. The molecule has 4 heteroatoms. The second kappa shape index (κ2) is 7.03. The van der Waals surface area contributed by atoms with E-state index in [9.17, 15) is 4.79 Å². The minimum atomic E-state index is -0.321. The highest BCUT2D eigenvalue weighted by atomic mass is 35.5. The molecule has 1 saturated heterocycles. The second-order valence-electron chi connectivity index (χ2n) is 6.54.